The van der Waals surface area contributed by atoms with Gasteiger partial charge < -0.3 is 10.5 Å². The first-order valence-electron chi connectivity index (χ1n) is 6.60. The van der Waals surface area contributed by atoms with Gasteiger partial charge in [-0.1, -0.05) is 12.8 Å². The Kier molecular flexibility index (Phi) is 3.05. The van der Waals surface area contributed by atoms with E-state index in [0.717, 1.165) is 23.3 Å². The Balaban J connectivity index is 1.85. The summed E-state index contributed by atoms with van der Waals surface area (Å²) in [5, 5.41) is 1.01. The zero-order valence-electron chi connectivity index (χ0n) is 10.4. The van der Waals surface area contributed by atoms with Gasteiger partial charge in [0.05, 0.1) is 17.8 Å². The second kappa shape index (κ2) is 4.84. The van der Waals surface area contributed by atoms with Crippen LogP contribution in [0.15, 0.2) is 30.5 Å². The van der Waals surface area contributed by atoms with Crippen LogP contribution in [0.3, 0.4) is 0 Å². The fourth-order valence-electron chi connectivity index (χ4n) is 2.68. The number of rotatable bonds is 3. The number of fused-ring (bicyclic) bond motifs is 1. The van der Waals surface area contributed by atoms with E-state index in [1.54, 1.807) is 6.20 Å². The molecule has 0 unspecified atom stereocenters. The number of nitrogens with zero attached hydrogens (tertiary/aromatic N) is 1. The third-order valence-electron chi connectivity index (χ3n) is 3.71. The molecule has 1 aliphatic carbocycles. The molecule has 1 saturated carbocycles. The van der Waals surface area contributed by atoms with Crippen LogP contribution in [-0.4, -0.2) is 11.6 Å². The first-order valence-corrected chi connectivity index (χ1v) is 6.60. The molecule has 1 aromatic carbocycles. The Morgan fingerprint density at radius 3 is 2.89 bits per heavy atom. The third kappa shape index (κ3) is 2.13. The quantitative estimate of drug-likeness (QED) is 0.839. The molecule has 3 heteroatoms. The second-order valence-corrected chi connectivity index (χ2v) is 5.01. The second-order valence-electron chi connectivity index (χ2n) is 5.01. The summed E-state index contributed by atoms with van der Waals surface area (Å²) in [5.41, 5.74) is 7.47. The molecular weight excluding hydrogens is 224 g/mol. The minimum Gasteiger partial charge on any atom is -0.493 e. The molecule has 94 valence electrons. The summed E-state index contributed by atoms with van der Waals surface area (Å²) in [7, 11) is 0. The lowest BCUT2D eigenvalue weighted by molar-refractivity contribution is 0.255. The molecule has 0 amide bonds. The normalized spacial score (nSPS) is 16.2. The van der Waals surface area contributed by atoms with Crippen molar-refractivity contribution in [3.8, 4) is 5.75 Å². The van der Waals surface area contributed by atoms with Crippen molar-refractivity contribution in [2.24, 2.45) is 5.92 Å². The summed E-state index contributed by atoms with van der Waals surface area (Å²) in [6.07, 6.45) is 7.05. The van der Waals surface area contributed by atoms with Gasteiger partial charge in [-0.15, -0.1) is 0 Å². The Morgan fingerprint density at radius 1 is 1.22 bits per heavy atom. The van der Waals surface area contributed by atoms with Crippen LogP contribution in [0.2, 0.25) is 0 Å². The third-order valence-corrected chi connectivity index (χ3v) is 3.71. The molecule has 0 aliphatic heterocycles. The molecule has 0 radical (unpaired) electrons. The van der Waals surface area contributed by atoms with Crippen LogP contribution >= 0.6 is 0 Å². The Hall–Kier alpha value is -1.77. The first-order chi connectivity index (χ1) is 8.84. The van der Waals surface area contributed by atoms with Crippen molar-refractivity contribution in [1.82, 2.24) is 4.98 Å². The summed E-state index contributed by atoms with van der Waals surface area (Å²) in [5.74, 6) is 1.62. The average molecular weight is 242 g/mol. The maximum Gasteiger partial charge on any atom is 0.128 e. The Morgan fingerprint density at radius 2 is 2.06 bits per heavy atom. The van der Waals surface area contributed by atoms with Gasteiger partial charge in [0.2, 0.25) is 0 Å². The van der Waals surface area contributed by atoms with Crippen LogP contribution in [0.1, 0.15) is 25.7 Å². The smallest absolute Gasteiger partial charge is 0.128 e. The molecular formula is C15H18N2O. The molecule has 0 spiro atoms. The van der Waals surface area contributed by atoms with Crippen molar-refractivity contribution >= 4 is 16.6 Å². The molecule has 1 heterocycles. The molecule has 3 rings (SSSR count). The summed E-state index contributed by atoms with van der Waals surface area (Å²) in [4.78, 5) is 4.32. The van der Waals surface area contributed by atoms with Crippen molar-refractivity contribution in [2.45, 2.75) is 25.7 Å². The lowest BCUT2D eigenvalue weighted by Gasteiger charge is -2.13. The van der Waals surface area contributed by atoms with E-state index in [1.165, 1.54) is 25.7 Å². The minimum absolute atomic E-state index is 0.707. The Bertz CT molecular complexity index is 547. The van der Waals surface area contributed by atoms with Crippen LogP contribution in [0.25, 0.3) is 10.9 Å². The van der Waals surface area contributed by atoms with E-state index in [1.807, 2.05) is 24.3 Å². The van der Waals surface area contributed by atoms with Crippen molar-refractivity contribution in [2.75, 3.05) is 12.3 Å². The van der Waals surface area contributed by atoms with Gasteiger partial charge in [-0.3, -0.25) is 4.98 Å². The number of anilines is 1. The van der Waals surface area contributed by atoms with Crippen molar-refractivity contribution in [3.63, 3.8) is 0 Å². The molecule has 0 saturated heterocycles. The number of aromatic nitrogens is 1. The number of pyridine rings is 1. The molecule has 1 aromatic heterocycles. The molecule has 2 N–H and O–H groups in total. The largest absolute Gasteiger partial charge is 0.493 e. The van der Waals surface area contributed by atoms with E-state index < -0.39 is 0 Å². The molecule has 0 atom stereocenters. The van der Waals surface area contributed by atoms with Gasteiger partial charge in [-0.25, -0.2) is 0 Å². The highest BCUT2D eigenvalue weighted by Crippen LogP contribution is 2.30. The van der Waals surface area contributed by atoms with Crippen molar-refractivity contribution < 1.29 is 4.74 Å². The van der Waals surface area contributed by atoms with E-state index in [-0.39, 0.29) is 0 Å². The zero-order chi connectivity index (χ0) is 12.4. The van der Waals surface area contributed by atoms with Crippen LogP contribution in [0.5, 0.6) is 5.75 Å². The van der Waals surface area contributed by atoms with Crippen LogP contribution in [0.4, 0.5) is 5.69 Å². The topological polar surface area (TPSA) is 48.1 Å². The highest BCUT2D eigenvalue weighted by atomic mass is 16.5. The molecule has 0 bridgehead atoms. The highest BCUT2D eigenvalue weighted by Gasteiger charge is 2.16. The van der Waals surface area contributed by atoms with Crippen LogP contribution in [0, 0.1) is 5.92 Å². The van der Waals surface area contributed by atoms with Gasteiger partial charge in [0, 0.05) is 11.6 Å². The fourth-order valence-corrected chi connectivity index (χ4v) is 2.68. The average Bonchev–Trinajstić information content (AvgIpc) is 2.92. The first kappa shape index (κ1) is 11.3. The van der Waals surface area contributed by atoms with Gasteiger partial charge >= 0.3 is 0 Å². The predicted molar refractivity (Wildman–Crippen MR) is 73.6 cm³/mol. The molecule has 1 fully saturated rings. The van der Waals surface area contributed by atoms with E-state index in [0.29, 0.717) is 11.6 Å². The lowest BCUT2D eigenvalue weighted by Crippen LogP contribution is -2.08. The van der Waals surface area contributed by atoms with E-state index in [9.17, 15) is 0 Å². The van der Waals surface area contributed by atoms with E-state index >= 15 is 0 Å². The number of ether oxygens (including phenoxy) is 1. The van der Waals surface area contributed by atoms with Gasteiger partial charge in [0.1, 0.15) is 5.75 Å². The van der Waals surface area contributed by atoms with Gasteiger partial charge in [-0.2, -0.15) is 0 Å². The summed E-state index contributed by atoms with van der Waals surface area (Å²) >= 11 is 0. The molecule has 1 aliphatic rings. The highest BCUT2D eigenvalue weighted by molar-refractivity contribution is 5.93. The SMILES string of the molecule is Nc1ccc(OCC2CCCC2)c2cccnc12. The maximum atomic E-state index is 5.96. The predicted octanol–water partition coefficient (Wildman–Crippen LogP) is 3.39. The molecule has 18 heavy (non-hydrogen) atoms. The summed E-state index contributed by atoms with van der Waals surface area (Å²) in [6.45, 7) is 0.813. The number of nitrogen functional groups attached to an aromatic ring is 1. The summed E-state index contributed by atoms with van der Waals surface area (Å²) < 4.78 is 5.96. The van der Waals surface area contributed by atoms with Gasteiger partial charge in [-0.05, 0) is 43.0 Å². The number of hydrogen-bond acceptors (Lipinski definition) is 3. The van der Waals surface area contributed by atoms with E-state index in [2.05, 4.69) is 4.98 Å². The van der Waals surface area contributed by atoms with Crippen molar-refractivity contribution in [3.05, 3.63) is 30.5 Å². The van der Waals surface area contributed by atoms with E-state index in [4.69, 9.17) is 10.5 Å². The number of benzene rings is 1. The summed E-state index contributed by atoms with van der Waals surface area (Å²) in [6, 6.07) is 7.76. The zero-order valence-corrected chi connectivity index (χ0v) is 10.4. The standard InChI is InChI=1S/C15H18N2O/c16-13-7-8-14(12-6-3-9-17-15(12)13)18-10-11-4-1-2-5-11/h3,6-9,11H,1-2,4-5,10,16H2. The van der Waals surface area contributed by atoms with Gasteiger partial charge in [0.25, 0.3) is 0 Å². The lowest BCUT2D eigenvalue weighted by atomic mass is 10.1. The van der Waals surface area contributed by atoms with Crippen LogP contribution < -0.4 is 10.5 Å². The van der Waals surface area contributed by atoms with Crippen LogP contribution in [-0.2, 0) is 0 Å². The molecule has 2 aromatic rings. The van der Waals surface area contributed by atoms with Gasteiger partial charge in [0.15, 0.2) is 0 Å². The van der Waals surface area contributed by atoms with Crippen molar-refractivity contribution in [1.29, 1.82) is 0 Å². The number of hydrogen-bond donors (Lipinski definition) is 1. The fraction of sp³-hybridized carbons (Fsp3) is 0.400. The monoisotopic (exact) mass is 242 g/mol. The molecule has 3 nitrogen and oxygen atoms in total. The number of nitrogens with two attached hydrogens (primary N) is 1. The Labute approximate surface area is 107 Å². The maximum absolute atomic E-state index is 5.96. The minimum atomic E-state index is 0.707.